The van der Waals surface area contributed by atoms with Crippen LogP contribution in [0.1, 0.15) is 18.6 Å². The highest BCUT2D eigenvalue weighted by atomic mass is 32.1. The molecule has 0 heterocycles. The van der Waals surface area contributed by atoms with E-state index in [9.17, 15) is 5.11 Å². The maximum atomic E-state index is 10.3. The number of rotatable bonds is 5. The van der Waals surface area contributed by atoms with Crippen LogP contribution in [0.2, 0.25) is 0 Å². The second kappa shape index (κ2) is 7.13. The molecule has 0 amide bonds. The standard InChI is InChI=1S/C14H20N2OS/c1-4-10-15-14(18)16(3)11(2)13(17)12-8-6-5-7-9-12/h4-9,11,13,17H,1,10H2,2-3H3,(H,15,18). The maximum Gasteiger partial charge on any atom is 0.169 e. The highest BCUT2D eigenvalue weighted by molar-refractivity contribution is 7.80. The zero-order valence-electron chi connectivity index (χ0n) is 10.8. The van der Waals surface area contributed by atoms with E-state index in [1.54, 1.807) is 6.08 Å². The van der Waals surface area contributed by atoms with Gasteiger partial charge in [-0.3, -0.25) is 0 Å². The smallest absolute Gasteiger partial charge is 0.169 e. The first-order valence-electron chi connectivity index (χ1n) is 5.92. The van der Waals surface area contributed by atoms with E-state index in [0.29, 0.717) is 11.7 Å². The molecule has 0 aliphatic rings. The molecule has 1 rings (SSSR count). The Labute approximate surface area is 114 Å². The lowest BCUT2D eigenvalue weighted by Crippen LogP contribution is -2.44. The van der Waals surface area contributed by atoms with Crippen LogP contribution in [0.5, 0.6) is 0 Å². The Kier molecular flexibility index (Phi) is 5.82. The average molecular weight is 264 g/mol. The number of aliphatic hydroxyl groups is 1. The molecule has 0 saturated heterocycles. The summed E-state index contributed by atoms with van der Waals surface area (Å²) in [6.45, 7) is 6.20. The minimum atomic E-state index is -0.570. The number of likely N-dealkylation sites (N-methyl/N-ethyl adjacent to an activating group) is 1. The van der Waals surface area contributed by atoms with Gasteiger partial charge in [-0.25, -0.2) is 0 Å². The van der Waals surface area contributed by atoms with Crippen molar-refractivity contribution >= 4 is 17.3 Å². The zero-order chi connectivity index (χ0) is 13.5. The van der Waals surface area contributed by atoms with Gasteiger partial charge in [0.1, 0.15) is 0 Å². The van der Waals surface area contributed by atoms with Crippen molar-refractivity contribution in [1.29, 1.82) is 0 Å². The van der Waals surface area contributed by atoms with Crippen LogP contribution in [-0.2, 0) is 0 Å². The van der Waals surface area contributed by atoms with Crippen LogP contribution < -0.4 is 5.32 Å². The molecular formula is C14H20N2OS. The monoisotopic (exact) mass is 264 g/mol. The summed E-state index contributed by atoms with van der Waals surface area (Å²) >= 11 is 5.24. The number of hydrogen-bond donors (Lipinski definition) is 2. The van der Waals surface area contributed by atoms with Crippen LogP contribution in [0.4, 0.5) is 0 Å². The van der Waals surface area contributed by atoms with Crippen molar-refractivity contribution in [1.82, 2.24) is 10.2 Å². The molecule has 0 aromatic heterocycles. The Bertz CT molecular complexity index is 394. The first-order chi connectivity index (χ1) is 8.57. The number of aliphatic hydroxyl groups excluding tert-OH is 1. The lowest BCUT2D eigenvalue weighted by atomic mass is 10.0. The summed E-state index contributed by atoms with van der Waals surface area (Å²) in [5.74, 6) is 0. The molecule has 0 spiro atoms. The van der Waals surface area contributed by atoms with E-state index >= 15 is 0 Å². The molecule has 1 aromatic carbocycles. The van der Waals surface area contributed by atoms with Crippen LogP contribution in [0, 0.1) is 0 Å². The molecule has 0 saturated carbocycles. The predicted octanol–water partition coefficient (Wildman–Crippen LogP) is 2.10. The molecule has 2 N–H and O–H groups in total. The highest BCUT2D eigenvalue weighted by Crippen LogP contribution is 2.19. The second-order valence-electron chi connectivity index (χ2n) is 4.18. The van der Waals surface area contributed by atoms with E-state index in [-0.39, 0.29) is 6.04 Å². The van der Waals surface area contributed by atoms with Crippen molar-refractivity contribution in [2.45, 2.75) is 19.1 Å². The first-order valence-corrected chi connectivity index (χ1v) is 6.33. The van der Waals surface area contributed by atoms with Gasteiger partial charge in [-0.05, 0) is 24.7 Å². The second-order valence-corrected chi connectivity index (χ2v) is 4.57. The molecule has 2 unspecified atom stereocenters. The lowest BCUT2D eigenvalue weighted by molar-refractivity contribution is 0.103. The van der Waals surface area contributed by atoms with Gasteiger partial charge in [0.25, 0.3) is 0 Å². The number of nitrogens with zero attached hydrogens (tertiary/aromatic N) is 1. The van der Waals surface area contributed by atoms with Gasteiger partial charge >= 0.3 is 0 Å². The van der Waals surface area contributed by atoms with Gasteiger partial charge in [-0.2, -0.15) is 0 Å². The SMILES string of the molecule is C=CCNC(=S)N(C)C(C)C(O)c1ccccc1. The van der Waals surface area contributed by atoms with Crippen molar-refractivity contribution in [3.05, 3.63) is 48.6 Å². The molecule has 0 aliphatic carbocycles. The Morgan fingerprint density at radius 2 is 2.11 bits per heavy atom. The summed E-state index contributed by atoms with van der Waals surface area (Å²) in [6, 6.07) is 9.49. The number of hydrogen-bond acceptors (Lipinski definition) is 2. The quantitative estimate of drug-likeness (QED) is 0.631. The average Bonchev–Trinajstić information content (AvgIpc) is 2.43. The molecule has 0 radical (unpaired) electrons. The van der Waals surface area contributed by atoms with Gasteiger partial charge in [0, 0.05) is 13.6 Å². The predicted molar refractivity (Wildman–Crippen MR) is 79.4 cm³/mol. The molecule has 0 bridgehead atoms. The Morgan fingerprint density at radius 1 is 1.50 bits per heavy atom. The van der Waals surface area contributed by atoms with Crippen LogP contribution in [0.3, 0.4) is 0 Å². The first kappa shape index (κ1) is 14.7. The molecule has 98 valence electrons. The summed E-state index contributed by atoms with van der Waals surface area (Å²) in [6.07, 6.45) is 1.18. The molecule has 1 aromatic rings. The van der Waals surface area contributed by atoms with Crippen LogP contribution in [0.15, 0.2) is 43.0 Å². The Hall–Kier alpha value is -1.39. The van der Waals surface area contributed by atoms with Crippen molar-refractivity contribution in [3.63, 3.8) is 0 Å². The van der Waals surface area contributed by atoms with Crippen LogP contribution in [0.25, 0.3) is 0 Å². The van der Waals surface area contributed by atoms with Gasteiger partial charge in [-0.1, -0.05) is 36.4 Å². The summed E-state index contributed by atoms with van der Waals surface area (Å²) in [7, 11) is 1.87. The number of benzene rings is 1. The van der Waals surface area contributed by atoms with E-state index < -0.39 is 6.10 Å². The summed E-state index contributed by atoms with van der Waals surface area (Å²) in [4.78, 5) is 1.86. The van der Waals surface area contributed by atoms with Crippen LogP contribution >= 0.6 is 12.2 Å². The van der Waals surface area contributed by atoms with Gasteiger partial charge in [-0.15, -0.1) is 6.58 Å². The maximum absolute atomic E-state index is 10.3. The molecular weight excluding hydrogens is 244 g/mol. The highest BCUT2D eigenvalue weighted by Gasteiger charge is 2.21. The fourth-order valence-electron chi connectivity index (χ4n) is 1.61. The van der Waals surface area contributed by atoms with E-state index in [2.05, 4.69) is 11.9 Å². The zero-order valence-corrected chi connectivity index (χ0v) is 11.7. The van der Waals surface area contributed by atoms with Crippen LogP contribution in [-0.4, -0.2) is 34.8 Å². The third kappa shape index (κ3) is 3.82. The van der Waals surface area contributed by atoms with E-state index in [1.807, 2.05) is 49.2 Å². The largest absolute Gasteiger partial charge is 0.386 e. The fraction of sp³-hybridized carbons (Fsp3) is 0.357. The summed E-state index contributed by atoms with van der Waals surface area (Å²) in [5, 5.41) is 13.9. The Balaban J connectivity index is 2.65. The third-order valence-corrected chi connectivity index (χ3v) is 3.36. The molecule has 2 atom stereocenters. The van der Waals surface area contributed by atoms with Crippen molar-refractivity contribution in [2.24, 2.45) is 0 Å². The van der Waals surface area contributed by atoms with E-state index in [1.165, 1.54) is 0 Å². The summed E-state index contributed by atoms with van der Waals surface area (Å²) in [5.41, 5.74) is 0.892. The van der Waals surface area contributed by atoms with Crippen molar-refractivity contribution < 1.29 is 5.11 Å². The molecule has 0 aliphatic heterocycles. The van der Waals surface area contributed by atoms with Gasteiger partial charge < -0.3 is 15.3 Å². The molecule has 0 fully saturated rings. The molecule has 4 heteroatoms. The minimum absolute atomic E-state index is 0.0998. The third-order valence-electron chi connectivity index (χ3n) is 2.93. The van der Waals surface area contributed by atoms with Gasteiger partial charge in [0.05, 0.1) is 12.1 Å². The molecule has 3 nitrogen and oxygen atoms in total. The normalized spacial score (nSPS) is 13.5. The van der Waals surface area contributed by atoms with E-state index in [4.69, 9.17) is 12.2 Å². The molecule has 18 heavy (non-hydrogen) atoms. The van der Waals surface area contributed by atoms with Crippen molar-refractivity contribution in [2.75, 3.05) is 13.6 Å². The van der Waals surface area contributed by atoms with Gasteiger partial charge in [0.2, 0.25) is 0 Å². The Morgan fingerprint density at radius 3 is 2.67 bits per heavy atom. The lowest BCUT2D eigenvalue weighted by Gasteiger charge is -2.31. The van der Waals surface area contributed by atoms with Gasteiger partial charge in [0.15, 0.2) is 5.11 Å². The number of nitrogens with one attached hydrogen (secondary N) is 1. The minimum Gasteiger partial charge on any atom is -0.386 e. The van der Waals surface area contributed by atoms with E-state index in [0.717, 1.165) is 5.56 Å². The number of thiocarbonyl (C=S) groups is 1. The topological polar surface area (TPSA) is 35.5 Å². The summed E-state index contributed by atoms with van der Waals surface area (Å²) < 4.78 is 0. The fourth-order valence-corrected chi connectivity index (χ4v) is 1.86. The van der Waals surface area contributed by atoms with Crippen molar-refractivity contribution in [3.8, 4) is 0 Å².